The fourth-order valence-corrected chi connectivity index (χ4v) is 3.03. The van der Waals surface area contributed by atoms with Gasteiger partial charge in [0.1, 0.15) is 0 Å². The Kier molecular flexibility index (Phi) is 2.08. The van der Waals surface area contributed by atoms with Gasteiger partial charge in [0.25, 0.3) is 0 Å². The Bertz CT molecular complexity index is 516. The van der Waals surface area contributed by atoms with Crippen LogP contribution in [0.2, 0.25) is 0 Å². The smallest absolute Gasteiger partial charge is 0.0928 e. The van der Waals surface area contributed by atoms with E-state index in [0.717, 1.165) is 30.3 Å². The van der Waals surface area contributed by atoms with E-state index in [0.29, 0.717) is 5.92 Å². The average Bonchev–Trinajstić information content (AvgIpc) is 2.86. The number of aliphatic hydroxyl groups is 1. The van der Waals surface area contributed by atoms with Crippen molar-refractivity contribution in [2.75, 3.05) is 0 Å². The zero-order chi connectivity index (χ0) is 11.2. The van der Waals surface area contributed by atoms with Gasteiger partial charge in [-0.05, 0) is 42.9 Å². The zero-order valence-corrected chi connectivity index (χ0v) is 9.53. The van der Waals surface area contributed by atoms with Crippen molar-refractivity contribution in [3.63, 3.8) is 0 Å². The number of aromatic amines is 1. The minimum absolute atomic E-state index is 0.355. The van der Waals surface area contributed by atoms with E-state index in [9.17, 15) is 5.11 Å². The maximum Gasteiger partial charge on any atom is 0.0928 e. The normalized spacial score (nSPS) is 30.0. The molecule has 16 heavy (non-hydrogen) atoms. The van der Waals surface area contributed by atoms with Crippen LogP contribution in [0.15, 0.2) is 30.5 Å². The highest BCUT2D eigenvalue weighted by Crippen LogP contribution is 2.45. The van der Waals surface area contributed by atoms with E-state index in [1.807, 2.05) is 12.3 Å². The van der Waals surface area contributed by atoms with Gasteiger partial charge >= 0.3 is 0 Å². The summed E-state index contributed by atoms with van der Waals surface area (Å²) in [5.74, 6) is 0.355. The Labute approximate surface area is 95.3 Å². The van der Waals surface area contributed by atoms with Crippen molar-refractivity contribution < 1.29 is 5.11 Å². The van der Waals surface area contributed by atoms with Gasteiger partial charge in [-0.15, -0.1) is 0 Å². The predicted octanol–water partition coefficient (Wildman–Crippen LogP) is 3.18. The second-order valence-corrected chi connectivity index (χ2v) is 4.96. The first-order valence-corrected chi connectivity index (χ1v) is 6.01. The van der Waals surface area contributed by atoms with Gasteiger partial charge in [-0.2, -0.15) is 0 Å². The highest BCUT2D eigenvalue weighted by Gasteiger charge is 2.40. The van der Waals surface area contributed by atoms with E-state index >= 15 is 0 Å². The predicted molar refractivity (Wildman–Crippen MR) is 65.2 cm³/mol. The van der Waals surface area contributed by atoms with Crippen molar-refractivity contribution in [3.05, 3.63) is 36.0 Å². The molecule has 1 saturated carbocycles. The van der Waals surface area contributed by atoms with Crippen molar-refractivity contribution in [1.29, 1.82) is 0 Å². The Hall–Kier alpha value is -1.28. The number of H-pyrrole nitrogens is 1. The number of rotatable bonds is 1. The fourth-order valence-electron chi connectivity index (χ4n) is 3.03. The van der Waals surface area contributed by atoms with Crippen molar-refractivity contribution in [3.8, 4) is 0 Å². The summed E-state index contributed by atoms with van der Waals surface area (Å²) >= 11 is 0. The molecule has 0 bridgehead atoms. The number of fused-ring (bicyclic) bond motifs is 1. The van der Waals surface area contributed by atoms with Gasteiger partial charge < -0.3 is 10.1 Å². The number of nitrogens with one attached hydrogen (secondary N) is 1. The van der Waals surface area contributed by atoms with Crippen LogP contribution < -0.4 is 0 Å². The molecule has 0 aliphatic heterocycles. The first-order chi connectivity index (χ1) is 7.72. The lowest BCUT2D eigenvalue weighted by atomic mass is 9.83. The van der Waals surface area contributed by atoms with Crippen LogP contribution in [0.3, 0.4) is 0 Å². The van der Waals surface area contributed by atoms with E-state index < -0.39 is 5.60 Å². The zero-order valence-electron chi connectivity index (χ0n) is 9.53. The first-order valence-electron chi connectivity index (χ1n) is 6.01. The Morgan fingerprint density at radius 3 is 3.00 bits per heavy atom. The Morgan fingerprint density at radius 1 is 1.38 bits per heavy atom. The van der Waals surface area contributed by atoms with Crippen molar-refractivity contribution in [2.45, 2.75) is 31.8 Å². The van der Waals surface area contributed by atoms with Crippen LogP contribution in [0.5, 0.6) is 0 Å². The van der Waals surface area contributed by atoms with Gasteiger partial charge in [0.05, 0.1) is 5.60 Å². The summed E-state index contributed by atoms with van der Waals surface area (Å²) in [5, 5.41) is 12.0. The summed E-state index contributed by atoms with van der Waals surface area (Å²) in [7, 11) is 0. The van der Waals surface area contributed by atoms with Crippen molar-refractivity contribution >= 4 is 10.9 Å². The van der Waals surface area contributed by atoms with Gasteiger partial charge in [-0.3, -0.25) is 0 Å². The molecule has 2 aromatic rings. The molecule has 2 nitrogen and oxygen atoms in total. The van der Waals surface area contributed by atoms with Crippen molar-refractivity contribution in [2.24, 2.45) is 5.92 Å². The molecule has 84 valence electrons. The van der Waals surface area contributed by atoms with Crippen LogP contribution in [-0.4, -0.2) is 10.1 Å². The second kappa shape index (κ2) is 3.36. The van der Waals surface area contributed by atoms with Crippen LogP contribution in [0.25, 0.3) is 10.9 Å². The molecular formula is C14H17NO. The third-order valence-electron chi connectivity index (χ3n) is 4.07. The van der Waals surface area contributed by atoms with E-state index in [1.54, 1.807) is 0 Å². The topological polar surface area (TPSA) is 36.0 Å². The van der Waals surface area contributed by atoms with Crippen LogP contribution in [0, 0.1) is 5.92 Å². The lowest BCUT2D eigenvalue weighted by Crippen LogP contribution is -2.28. The molecule has 3 rings (SSSR count). The summed E-state index contributed by atoms with van der Waals surface area (Å²) < 4.78 is 0. The molecule has 1 fully saturated rings. The highest BCUT2D eigenvalue weighted by atomic mass is 16.3. The lowest BCUT2D eigenvalue weighted by Gasteiger charge is -2.29. The second-order valence-electron chi connectivity index (χ2n) is 4.96. The lowest BCUT2D eigenvalue weighted by molar-refractivity contribution is 0.00594. The Morgan fingerprint density at radius 2 is 2.25 bits per heavy atom. The SMILES string of the molecule is CC1CCCC1(O)c1cccc2[nH]ccc12. The van der Waals surface area contributed by atoms with Gasteiger partial charge in [-0.1, -0.05) is 19.1 Å². The van der Waals surface area contributed by atoms with Crippen LogP contribution in [-0.2, 0) is 5.60 Å². The maximum absolute atomic E-state index is 10.8. The van der Waals surface area contributed by atoms with Gasteiger partial charge in [0.15, 0.2) is 0 Å². The van der Waals surface area contributed by atoms with Gasteiger partial charge in [0, 0.05) is 17.1 Å². The molecule has 1 aromatic carbocycles. The third kappa shape index (κ3) is 1.23. The largest absolute Gasteiger partial charge is 0.385 e. The van der Waals surface area contributed by atoms with Gasteiger partial charge in [0.2, 0.25) is 0 Å². The van der Waals surface area contributed by atoms with Crippen LogP contribution >= 0.6 is 0 Å². The quantitative estimate of drug-likeness (QED) is 0.753. The summed E-state index contributed by atoms with van der Waals surface area (Å²) in [6.07, 6.45) is 5.07. The number of aromatic nitrogens is 1. The molecular weight excluding hydrogens is 198 g/mol. The van der Waals surface area contributed by atoms with Crippen molar-refractivity contribution in [1.82, 2.24) is 4.98 Å². The van der Waals surface area contributed by atoms with Gasteiger partial charge in [-0.25, -0.2) is 0 Å². The van der Waals surface area contributed by atoms with E-state index in [1.165, 1.54) is 5.39 Å². The van der Waals surface area contributed by atoms with Crippen LogP contribution in [0.1, 0.15) is 31.7 Å². The monoisotopic (exact) mass is 215 g/mol. The molecule has 2 N–H and O–H groups in total. The molecule has 1 aliphatic carbocycles. The third-order valence-corrected chi connectivity index (χ3v) is 4.07. The molecule has 1 aliphatic rings. The molecule has 1 aromatic heterocycles. The Balaban J connectivity index is 2.21. The minimum Gasteiger partial charge on any atom is -0.385 e. The average molecular weight is 215 g/mol. The summed E-state index contributed by atoms with van der Waals surface area (Å²) in [6.45, 7) is 2.15. The first kappa shape index (κ1) is 9.91. The van der Waals surface area contributed by atoms with Crippen LogP contribution in [0.4, 0.5) is 0 Å². The minimum atomic E-state index is -0.623. The molecule has 1 heterocycles. The molecule has 0 radical (unpaired) electrons. The summed E-state index contributed by atoms with van der Waals surface area (Å²) in [5.41, 5.74) is 1.59. The number of benzene rings is 1. The standard InChI is InChI=1S/C14H17NO/c1-10-4-3-8-14(10,16)12-5-2-6-13-11(12)7-9-15-13/h2,5-7,9-10,15-16H,3-4,8H2,1H3. The molecule has 2 atom stereocenters. The van der Waals surface area contributed by atoms with E-state index in [2.05, 4.69) is 30.1 Å². The molecule has 2 heteroatoms. The molecule has 0 saturated heterocycles. The maximum atomic E-state index is 10.8. The molecule has 0 amide bonds. The summed E-state index contributed by atoms with van der Waals surface area (Å²) in [6, 6.07) is 8.21. The fraction of sp³-hybridized carbons (Fsp3) is 0.429. The molecule has 0 spiro atoms. The number of hydrogen-bond donors (Lipinski definition) is 2. The van der Waals surface area contributed by atoms with E-state index in [-0.39, 0.29) is 0 Å². The highest BCUT2D eigenvalue weighted by molar-refractivity contribution is 5.83. The number of hydrogen-bond acceptors (Lipinski definition) is 1. The molecule has 2 unspecified atom stereocenters. The van der Waals surface area contributed by atoms with E-state index in [4.69, 9.17) is 0 Å². The summed E-state index contributed by atoms with van der Waals surface area (Å²) in [4.78, 5) is 3.20.